The molecular formula is C22H19NO2. The zero-order chi connectivity index (χ0) is 17.5. The van der Waals surface area contributed by atoms with E-state index in [1.807, 2.05) is 42.5 Å². The summed E-state index contributed by atoms with van der Waals surface area (Å²) >= 11 is 0. The Morgan fingerprint density at radius 3 is 1.44 bits per heavy atom. The Balaban J connectivity index is 1.85. The molecule has 0 saturated heterocycles. The van der Waals surface area contributed by atoms with Crippen LogP contribution in [0, 0.1) is 0 Å². The van der Waals surface area contributed by atoms with Gasteiger partial charge in [0.25, 0.3) is 11.8 Å². The van der Waals surface area contributed by atoms with Gasteiger partial charge in [0.1, 0.15) is 0 Å². The minimum atomic E-state index is -0.273. The summed E-state index contributed by atoms with van der Waals surface area (Å²) in [5, 5.41) is 0. The second-order valence-corrected chi connectivity index (χ2v) is 5.73. The zero-order valence-corrected chi connectivity index (χ0v) is 13.8. The standard InChI is InChI=1S/C22H19NO2/c24-21(19-12-6-2-7-13-19)23(17-16-18-10-4-1-5-11-18)22(25)20-14-8-3-9-15-20/h1-15H,16-17H2. The van der Waals surface area contributed by atoms with Crippen LogP contribution in [0.5, 0.6) is 0 Å². The molecule has 25 heavy (non-hydrogen) atoms. The number of nitrogens with zero attached hydrogens (tertiary/aromatic N) is 1. The van der Waals surface area contributed by atoms with Gasteiger partial charge in [-0.25, -0.2) is 0 Å². The molecule has 0 heterocycles. The van der Waals surface area contributed by atoms with Crippen LogP contribution in [0.3, 0.4) is 0 Å². The Bertz CT molecular complexity index is 778. The highest BCUT2D eigenvalue weighted by Gasteiger charge is 2.23. The quantitative estimate of drug-likeness (QED) is 0.658. The van der Waals surface area contributed by atoms with Gasteiger partial charge < -0.3 is 0 Å². The third kappa shape index (κ3) is 4.21. The molecule has 3 heteroatoms. The fourth-order valence-electron chi connectivity index (χ4n) is 2.65. The molecule has 0 aliphatic rings. The Morgan fingerprint density at radius 1 is 0.600 bits per heavy atom. The van der Waals surface area contributed by atoms with Crippen molar-refractivity contribution in [2.24, 2.45) is 0 Å². The van der Waals surface area contributed by atoms with Crippen LogP contribution in [0.1, 0.15) is 26.3 Å². The molecule has 0 saturated carbocycles. The van der Waals surface area contributed by atoms with Crippen LogP contribution in [0.2, 0.25) is 0 Å². The van der Waals surface area contributed by atoms with Gasteiger partial charge in [0, 0.05) is 17.7 Å². The number of hydrogen-bond acceptors (Lipinski definition) is 2. The van der Waals surface area contributed by atoms with Crippen molar-refractivity contribution in [1.29, 1.82) is 0 Å². The monoisotopic (exact) mass is 329 g/mol. The fraction of sp³-hybridized carbons (Fsp3) is 0.0909. The van der Waals surface area contributed by atoms with Crippen molar-refractivity contribution in [3.63, 3.8) is 0 Å². The van der Waals surface area contributed by atoms with Gasteiger partial charge in [-0.15, -0.1) is 0 Å². The van der Waals surface area contributed by atoms with Crippen LogP contribution in [0.25, 0.3) is 0 Å². The molecule has 0 aliphatic heterocycles. The van der Waals surface area contributed by atoms with E-state index in [1.54, 1.807) is 48.5 Å². The SMILES string of the molecule is O=C(c1ccccc1)N(CCc1ccccc1)C(=O)c1ccccc1. The van der Waals surface area contributed by atoms with E-state index in [-0.39, 0.29) is 11.8 Å². The van der Waals surface area contributed by atoms with Gasteiger partial charge in [-0.2, -0.15) is 0 Å². The lowest BCUT2D eigenvalue weighted by atomic mass is 10.1. The molecule has 2 amide bonds. The molecule has 0 fully saturated rings. The van der Waals surface area contributed by atoms with Crippen molar-refractivity contribution >= 4 is 11.8 Å². The maximum Gasteiger partial charge on any atom is 0.260 e. The number of rotatable bonds is 5. The van der Waals surface area contributed by atoms with Gasteiger partial charge in [-0.3, -0.25) is 14.5 Å². The molecule has 0 bridgehead atoms. The summed E-state index contributed by atoms with van der Waals surface area (Å²) in [6, 6.07) is 27.7. The summed E-state index contributed by atoms with van der Waals surface area (Å²) in [6.45, 7) is 0.339. The molecule has 0 radical (unpaired) electrons. The third-order valence-electron chi connectivity index (χ3n) is 4.00. The van der Waals surface area contributed by atoms with Gasteiger partial charge in [0.05, 0.1) is 0 Å². The summed E-state index contributed by atoms with van der Waals surface area (Å²) in [7, 11) is 0. The Labute approximate surface area is 147 Å². The largest absolute Gasteiger partial charge is 0.274 e. The van der Waals surface area contributed by atoms with Crippen LogP contribution in [0.4, 0.5) is 0 Å². The van der Waals surface area contributed by atoms with E-state index in [2.05, 4.69) is 0 Å². The van der Waals surface area contributed by atoms with E-state index < -0.39 is 0 Å². The normalized spacial score (nSPS) is 10.2. The average Bonchev–Trinajstić information content (AvgIpc) is 2.70. The Hall–Kier alpha value is -3.20. The lowest BCUT2D eigenvalue weighted by Crippen LogP contribution is -2.38. The van der Waals surface area contributed by atoms with Crippen molar-refractivity contribution in [3.05, 3.63) is 108 Å². The molecule has 0 unspecified atom stereocenters. The predicted molar refractivity (Wildman–Crippen MR) is 98.4 cm³/mol. The van der Waals surface area contributed by atoms with E-state index in [0.29, 0.717) is 24.1 Å². The van der Waals surface area contributed by atoms with Gasteiger partial charge in [-0.05, 0) is 36.2 Å². The predicted octanol–water partition coefficient (Wildman–Crippen LogP) is 4.21. The van der Waals surface area contributed by atoms with Gasteiger partial charge in [-0.1, -0.05) is 66.7 Å². The molecule has 0 aromatic heterocycles. The highest BCUT2D eigenvalue weighted by Crippen LogP contribution is 2.12. The van der Waals surface area contributed by atoms with Crippen molar-refractivity contribution in [2.45, 2.75) is 6.42 Å². The van der Waals surface area contributed by atoms with Gasteiger partial charge >= 0.3 is 0 Å². The van der Waals surface area contributed by atoms with Crippen LogP contribution >= 0.6 is 0 Å². The molecule has 0 atom stereocenters. The lowest BCUT2D eigenvalue weighted by Gasteiger charge is -2.21. The van der Waals surface area contributed by atoms with Gasteiger partial charge in [0.2, 0.25) is 0 Å². The maximum absolute atomic E-state index is 12.9. The third-order valence-corrected chi connectivity index (χ3v) is 4.00. The first kappa shape index (κ1) is 16.7. The van der Waals surface area contributed by atoms with Crippen molar-refractivity contribution < 1.29 is 9.59 Å². The molecule has 3 aromatic rings. The molecule has 3 rings (SSSR count). The number of imide groups is 1. The zero-order valence-electron chi connectivity index (χ0n) is 13.8. The van der Waals surface area contributed by atoms with E-state index >= 15 is 0 Å². The number of benzene rings is 3. The maximum atomic E-state index is 12.9. The lowest BCUT2D eigenvalue weighted by molar-refractivity contribution is 0.0618. The summed E-state index contributed by atoms with van der Waals surface area (Å²) in [4.78, 5) is 27.1. The Kier molecular flexibility index (Phi) is 5.37. The first-order valence-corrected chi connectivity index (χ1v) is 8.26. The van der Waals surface area contributed by atoms with E-state index in [0.717, 1.165) is 5.56 Å². The second kappa shape index (κ2) is 8.06. The molecular weight excluding hydrogens is 310 g/mol. The first-order valence-electron chi connectivity index (χ1n) is 8.26. The second-order valence-electron chi connectivity index (χ2n) is 5.73. The minimum absolute atomic E-state index is 0.273. The summed E-state index contributed by atoms with van der Waals surface area (Å²) < 4.78 is 0. The smallest absolute Gasteiger partial charge is 0.260 e. The fourth-order valence-corrected chi connectivity index (χ4v) is 2.65. The van der Waals surface area contributed by atoms with E-state index in [4.69, 9.17) is 0 Å². The van der Waals surface area contributed by atoms with Crippen LogP contribution < -0.4 is 0 Å². The molecule has 3 aromatic carbocycles. The highest BCUT2D eigenvalue weighted by molar-refractivity contribution is 6.10. The Morgan fingerprint density at radius 2 is 1.00 bits per heavy atom. The minimum Gasteiger partial charge on any atom is -0.274 e. The molecule has 0 aliphatic carbocycles. The van der Waals surface area contributed by atoms with Crippen LogP contribution in [-0.2, 0) is 6.42 Å². The van der Waals surface area contributed by atoms with Crippen LogP contribution in [0.15, 0.2) is 91.0 Å². The van der Waals surface area contributed by atoms with E-state index in [1.165, 1.54) is 4.90 Å². The van der Waals surface area contributed by atoms with Crippen molar-refractivity contribution in [2.75, 3.05) is 6.54 Å². The number of hydrogen-bond donors (Lipinski definition) is 0. The van der Waals surface area contributed by atoms with Gasteiger partial charge in [0.15, 0.2) is 0 Å². The number of carbonyl (C=O) groups excluding carboxylic acids is 2. The highest BCUT2D eigenvalue weighted by atomic mass is 16.2. The first-order chi connectivity index (χ1) is 12.3. The summed E-state index contributed by atoms with van der Waals surface area (Å²) in [5.41, 5.74) is 2.12. The summed E-state index contributed by atoms with van der Waals surface area (Å²) in [6.07, 6.45) is 0.623. The number of amides is 2. The van der Waals surface area contributed by atoms with E-state index in [9.17, 15) is 9.59 Å². The molecule has 3 nitrogen and oxygen atoms in total. The molecule has 0 spiro atoms. The van der Waals surface area contributed by atoms with Crippen molar-refractivity contribution in [3.8, 4) is 0 Å². The topological polar surface area (TPSA) is 37.4 Å². The molecule has 0 N–H and O–H groups in total. The molecule has 124 valence electrons. The van der Waals surface area contributed by atoms with Crippen molar-refractivity contribution in [1.82, 2.24) is 4.90 Å². The van der Waals surface area contributed by atoms with Crippen LogP contribution in [-0.4, -0.2) is 23.3 Å². The summed E-state index contributed by atoms with van der Waals surface area (Å²) in [5.74, 6) is -0.546. The average molecular weight is 329 g/mol. The number of carbonyl (C=O) groups is 2.